The highest BCUT2D eigenvalue weighted by atomic mass is 16.5. The summed E-state index contributed by atoms with van der Waals surface area (Å²) >= 11 is 0. The van der Waals surface area contributed by atoms with Crippen LogP contribution < -0.4 is 32.2 Å². The van der Waals surface area contributed by atoms with Crippen LogP contribution in [0.1, 0.15) is 49.0 Å². The first-order chi connectivity index (χ1) is 19.8. The maximum Gasteiger partial charge on any atom is 0.346 e. The van der Waals surface area contributed by atoms with Crippen LogP contribution in [-0.2, 0) is 10.2 Å². The van der Waals surface area contributed by atoms with Crippen molar-refractivity contribution in [2.75, 3.05) is 26.2 Å². The summed E-state index contributed by atoms with van der Waals surface area (Å²) in [6.07, 6.45) is 2.52. The minimum Gasteiger partial charge on any atom is -0.492 e. The smallest absolute Gasteiger partial charge is 0.346 e. The number of hydrogen-bond acceptors (Lipinski definition) is 11. The number of nitrogens with zero attached hydrogens (tertiary/aromatic N) is 4. The molecule has 3 fully saturated rings. The molecule has 2 saturated heterocycles. The highest BCUT2D eigenvalue weighted by Gasteiger charge is 2.75. The van der Waals surface area contributed by atoms with Gasteiger partial charge in [0.05, 0.1) is 25.3 Å². The van der Waals surface area contributed by atoms with E-state index in [1.165, 1.54) is 4.58 Å². The van der Waals surface area contributed by atoms with Crippen molar-refractivity contribution in [2.45, 2.75) is 74.1 Å². The van der Waals surface area contributed by atoms with Crippen molar-refractivity contribution in [2.24, 2.45) is 16.5 Å². The van der Waals surface area contributed by atoms with Gasteiger partial charge in [0.25, 0.3) is 5.91 Å². The molecule has 5 heterocycles. The van der Waals surface area contributed by atoms with Gasteiger partial charge in [-0.15, -0.1) is 0 Å². The summed E-state index contributed by atoms with van der Waals surface area (Å²) in [4.78, 5) is 46.6. The molecule has 9 N–H and O–H groups in total. The first-order valence-electron chi connectivity index (χ1n) is 14.3. The number of guanidine groups is 2. The lowest BCUT2D eigenvalue weighted by Gasteiger charge is -2.44. The Morgan fingerprint density at radius 2 is 2.02 bits per heavy atom. The van der Waals surface area contributed by atoms with Crippen LogP contribution in [0, 0.1) is 0 Å². The third kappa shape index (κ3) is 3.62. The molecule has 1 aromatic rings. The van der Waals surface area contributed by atoms with Crippen LogP contribution in [0.4, 0.5) is 4.79 Å². The van der Waals surface area contributed by atoms with Crippen LogP contribution in [0.5, 0.6) is 5.75 Å². The summed E-state index contributed by atoms with van der Waals surface area (Å²) in [6.45, 7) is 4.41. The third-order valence-corrected chi connectivity index (χ3v) is 9.59. The Bertz CT molecular complexity index is 1470. The Kier molecular flexibility index (Phi) is 5.55. The van der Waals surface area contributed by atoms with E-state index in [0.717, 1.165) is 29.7 Å². The second-order valence-corrected chi connectivity index (χ2v) is 12.7. The largest absolute Gasteiger partial charge is 0.492 e. The molecule has 0 aromatic heterocycles. The number of amides is 4. The van der Waals surface area contributed by atoms with E-state index in [9.17, 15) is 24.6 Å². The normalized spacial score (nSPS) is 32.4. The Labute approximate surface area is 241 Å². The fraction of sp³-hybridized carbons (Fsp3) is 0.593. The number of benzene rings is 1. The number of rotatable bonds is 5. The molecule has 1 aromatic carbocycles. The number of aliphatic hydroxyl groups is 2. The summed E-state index contributed by atoms with van der Waals surface area (Å²) in [6, 6.07) is 1.98. The van der Waals surface area contributed by atoms with Crippen LogP contribution in [-0.4, -0.2) is 116 Å². The minimum atomic E-state index is -2.64. The monoisotopic (exact) mass is 582 g/mol. The highest BCUT2D eigenvalue weighted by molar-refractivity contribution is 6.02. The molecular weight excluding hydrogens is 546 g/mol. The molecule has 4 amide bonds. The maximum atomic E-state index is 13.6. The predicted octanol–water partition coefficient (Wildman–Crippen LogP) is -2.75. The minimum absolute atomic E-state index is 0.00311. The Morgan fingerprint density at radius 3 is 2.76 bits per heavy atom. The summed E-state index contributed by atoms with van der Waals surface area (Å²) in [7, 11) is 0. The van der Waals surface area contributed by atoms with Crippen molar-refractivity contribution in [3.8, 4) is 5.75 Å². The lowest BCUT2D eigenvalue weighted by molar-refractivity contribution is -0.623. The second-order valence-electron chi connectivity index (χ2n) is 12.7. The average Bonchev–Trinajstić information content (AvgIpc) is 3.59. The number of carbonyl (C=O) groups is 3. The summed E-state index contributed by atoms with van der Waals surface area (Å²) in [5.41, 5.74) is 11.7. The molecular formula is C27H36N9O6+. The van der Waals surface area contributed by atoms with Gasteiger partial charge in [-0.25, -0.2) is 14.4 Å². The number of aliphatic imine (C=N–C) groups is 1. The third-order valence-electron chi connectivity index (χ3n) is 9.59. The molecule has 15 nitrogen and oxygen atoms in total. The predicted molar refractivity (Wildman–Crippen MR) is 147 cm³/mol. The van der Waals surface area contributed by atoms with Crippen molar-refractivity contribution in [3.63, 3.8) is 0 Å². The van der Waals surface area contributed by atoms with Gasteiger partial charge >= 0.3 is 12.0 Å². The molecule has 1 unspecified atom stereocenters. The van der Waals surface area contributed by atoms with Gasteiger partial charge in [0, 0.05) is 11.6 Å². The molecule has 15 heteroatoms. The van der Waals surface area contributed by atoms with Gasteiger partial charge in [-0.1, -0.05) is 26.0 Å². The van der Waals surface area contributed by atoms with E-state index in [1.807, 2.05) is 6.07 Å². The zero-order valence-electron chi connectivity index (χ0n) is 23.5. The lowest BCUT2D eigenvalue weighted by Crippen LogP contribution is -2.79. The van der Waals surface area contributed by atoms with Gasteiger partial charge < -0.3 is 36.2 Å². The fourth-order valence-corrected chi connectivity index (χ4v) is 7.10. The van der Waals surface area contributed by atoms with Gasteiger partial charge in [0.2, 0.25) is 17.4 Å². The number of fused-ring (bicyclic) bond motifs is 1. The fourth-order valence-electron chi connectivity index (χ4n) is 7.10. The molecule has 4 atom stereocenters. The molecule has 1 spiro atoms. The number of carbonyl (C=O) groups excluding carboxylic acids is 3. The zero-order chi connectivity index (χ0) is 29.8. The molecule has 0 bridgehead atoms. The molecule has 0 radical (unpaired) electrons. The summed E-state index contributed by atoms with van der Waals surface area (Å²) in [5, 5.41) is 32.4. The Morgan fingerprint density at radius 1 is 1.26 bits per heavy atom. The second kappa shape index (κ2) is 8.70. The van der Waals surface area contributed by atoms with Crippen molar-refractivity contribution < 1.29 is 33.9 Å². The number of imide groups is 1. The summed E-state index contributed by atoms with van der Waals surface area (Å²) < 4.78 is 7.38. The van der Waals surface area contributed by atoms with Crippen LogP contribution in [0.3, 0.4) is 0 Å². The van der Waals surface area contributed by atoms with Crippen molar-refractivity contribution in [1.29, 1.82) is 0 Å². The Hall–Kier alpha value is -4.11. The van der Waals surface area contributed by atoms with E-state index >= 15 is 0 Å². The topological polar surface area (TPSA) is 211 Å². The highest BCUT2D eigenvalue weighted by Crippen LogP contribution is 2.43. The molecule has 224 valence electrons. The first-order valence-corrected chi connectivity index (χ1v) is 14.3. The molecule has 42 heavy (non-hydrogen) atoms. The van der Waals surface area contributed by atoms with Crippen LogP contribution >= 0.6 is 0 Å². The number of ether oxygens (including phenoxy) is 1. The van der Waals surface area contributed by atoms with E-state index in [4.69, 9.17) is 16.2 Å². The quantitative estimate of drug-likeness (QED) is 0.108. The van der Waals surface area contributed by atoms with Crippen molar-refractivity contribution in [3.05, 3.63) is 29.3 Å². The van der Waals surface area contributed by atoms with E-state index in [-0.39, 0.29) is 54.5 Å². The number of nitrogens with one attached hydrogen (secondary N) is 3. The molecule has 6 aliphatic rings. The van der Waals surface area contributed by atoms with E-state index < -0.39 is 41.5 Å². The first kappa shape index (κ1) is 26.8. The number of nitrogens with two attached hydrogens (primary N) is 2. The van der Waals surface area contributed by atoms with Gasteiger partial charge in [-0.05, 0) is 30.7 Å². The Balaban J connectivity index is 1.18. The molecule has 1 saturated carbocycles. The number of urea groups is 1. The summed E-state index contributed by atoms with van der Waals surface area (Å²) in [5.74, 6) is -3.08. The van der Waals surface area contributed by atoms with Crippen molar-refractivity contribution >= 4 is 29.8 Å². The van der Waals surface area contributed by atoms with Gasteiger partial charge in [0.15, 0.2) is 5.96 Å². The van der Waals surface area contributed by atoms with Crippen molar-refractivity contribution in [1.82, 2.24) is 25.8 Å². The van der Waals surface area contributed by atoms with Crippen LogP contribution in [0.15, 0.2) is 23.2 Å². The van der Waals surface area contributed by atoms with E-state index in [2.05, 4.69) is 34.8 Å². The maximum absolute atomic E-state index is 13.6. The zero-order valence-corrected chi connectivity index (χ0v) is 23.5. The standard InChI is InChI=1S/C27H35N9O6/c1-25(2)8-9-42-19-14(4-3-5-15(19)25)21(38)31-17-11-36-23(29)30-16(20-26(36,27(17,40)41)33-22(28)32-20)10-35-18(37)12-34(24(35)39)13-6-7-13/h3-5,13,16-17,20,40-41H,6-12H2,1-2H3,(H6,28,29,30,31,32,33,38)/p+1/t16-,17?,20-,26-/m0/s1. The molecule has 7 rings (SSSR count). The SMILES string of the molecule is CC1(C)CCOc2c(C(=O)NC3C[N+]4=C(N)N[C@@H](CN5C(=O)CN(C6CC6)C5=O)[C@@H]5N=C(N)N[C@@]54C3(O)O)cccc21. The van der Waals surface area contributed by atoms with Gasteiger partial charge in [-0.2, -0.15) is 0 Å². The van der Waals surface area contributed by atoms with Gasteiger partial charge in [-0.3, -0.25) is 25.5 Å². The van der Waals surface area contributed by atoms with E-state index in [1.54, 1.807) is 17.0 Å². The van der Waals surface area contributed by atoms with E-state index in [0.29, 0.717) is 12.4 Å². The average molecular weight is 583 g/mol. The molecule has 1 aliphatic carbocycles. The van der Waals surface area contributed by atoms with Crippen LogP contribution in [0.2, 0.25) is 0 Å². The number of para-hydroxylation sites is 1. The number of hydrogen-bond donors (Lipinski definition) is 7. The van der Waals surface area contributed by atoms with Crippen LogP contribution in [0.25, 0.3) is 0 Å². The lowest BCUT2D eigenvalue weighted by atomic mass is 9.79. The van der Waals surface area contributed by atoms with Gasteiger partial charge in [0.1, 0.15) is 30.4 Å². The molecule has 5 aliphatic heterocycles.